The van der Waals surface area contributed by atoms with Gasteiger partial charge >= 0.3 is 6.36 Å². The molecule has 0 unspecified atom stereocenters. The minimum atomic E-state index is -4.97. The molecular formula is C24H23F4N7O3S. The van der Waals surface area contributed by atoms with Gasteiger partial charge in [0.2, 0.25) is 10.3 Å². The third kappa shape index (κ3) is 6.42. The monoisotopic (exact) mass is 565 g/mol. The first-order chi connectivity index (χ1) is 18.7. The number of H-pyrrole nitrogens is 1. The van der Waals surface area contributed by atoms with Crippen molar-refractivity contribution in [1.29, 1.82) is 0 Å². The fourth-order valence-corrected chi connectivity index (χ4v) is 5.30. The molecule has 3 aromatic heterocycles. The van der Waals surface area contributed by atoms with Crippen molar-refractivity contribution < 1.29 is 31.8 Å². The summed E-state index contributed by atoms with van der Waals surface area (Å²) in [5.74, 6) is -2.13. The minimum Gasteiger partial charge on any atom is -0.406 e. The van der Waals surface area contributed by atoms with E-state index >= 15 is 0 Å². The van der Waals surface area contributed by atoms with Gasteiger partial charge in [-0.2, -0.15) is 5.10 Å². The number of aromatic nitrogens is 5. The first-order valence-corrected chi connectivity index (χ1v) is 12.8. The number of halogens is 4. The van der Waals surface area contributed by atoms with Gasteiger partial charge in [-0.15, -0.1) is 28.5 Å². The first-order valence-electron chi connectivity index (χ1n) is 12.0. The molecule has 10 nitrogen and oxygen atoms in total. The average Bonchev–Trinajstić information content (AvgIpc) is 3.54. The molecule has 0 spiro atoms. The summed E-state index contributed by atoms with van der Waals surface area (Å²) in [7, 11) is 1.13. The van der Waals surface area contributed by atoms with E-state index in [4.69, 9.17) is 4.74 Å². The summed E-state index contributed by atoms with van der Waals surface area (Å²) in [4.78, 5) is 15.8. The minimum absolute atomic E-state index is 0.122. The van der Waals surface area contributed by atoms with Crippen molar-refractivity contribution in [2.75, 3.05) is 17.7 Å². The van der Waals surface area contributed by atoms with Gasteiger partial charge in [-0.1, -0.05) is 11.3 Å². The number of rotatable bonds is 8. The maximum absolute atomic E-state index is 14.4. The third-order valence-corrected chi connectivity index (χ3v) is 7.18. The van der Waals surface area contributed by atoms with E-state index < -0.39 is 35.5 Å². The van der Waals surface area contributed by atoms with E-state index in [2.05, 4.69) is 46.8 Å². The number of hydrogen-bond donors (Lipinski definition) is 3. The van der Waals surface area contributed by atoms with Gasteiger partial charge in [0.15, 0.2) is 11.8 Å². The highest BCUT2D eigenvalue weighted by Crippen LogP contribution is 2.35. The third-order valence-electron chi connectivity index (χ3n) is 6.41. The molecule has 0 bridgehead atoms. The number of fused-ring (bicyclic) bond motifs is 1. The molecule has 0 aliphatic heterocycles. The fraction of sp³-hybridized carbons (Fsp3) is 0.375. The number of ether oxygens (including phenoxy) is 2. The Labute approximate surface area is 223 Å². The van der Waals surface area contributed by atoms with Crippen LogP contribution in [0.15, 0.2) is 36.5 Å². The Bertz CT molecular complexity index is 1450. The molecule has 0 radical (unpaired) electrons. The molecular weight excluding hydrogens is 542 g/mol. The summed E-state index contributed by atoms with van der Waals surface area (Å²) in [6.07, 6.45) is -1.10. The molecule has 1 fully saturated rings. The Balaban J connectivity index is 1.17. The normalized spacial score (nSPS) is 18.6. The smallest absolute Gasteiger partial charge is 0.406 e. The van der Waals surface area contributed by atoms with Crippen molar-refractivity contribution in [2.45, 2.75) is 50.1 Å². The Morgan fingerprint density at radius 3 is 2.59 bits per heavy atom. The quantitative estimate of drug-likeness (QED) is 0.245. The largest absolute Gasteiger partial charge is 0.573 e. The average molecular weight is 566 g/mol. The van der Waals surface area contributed by atoms with E-state index in [0.29, 0.717) is 11.0 Å². The van der Waals surface area contributed by atoms with Gasteiger partial charge in [0.05, 0.1) is 5.69 Å². The van der Waals surface area contributed by atoms with Crippen LogP contribution in [0, 0.1) is 5.82 Å². The lowest BCUT2D eigenvalue weighted by Crippen LogP contribution is -2.25. The number of hydrogen-bond acceptors (Lipinski definition) is 9. The lowest BCUT2D eigenvalue weighted by molar-refractivity contribution is -0.274. The fourth-order valence-electron chi connectivity index (χ4n) is 4.58. The van der Waals surface area contributed by atoms with Crippen LogP contribution in [-0.4, -0.2) is 50.8 Å². The number of carbonyl (C=O) groups excluding carboxylic acids is 1. The zero-order valence-corrected chi connectivity index (χ0v) is 21.3. The molecule has 206 valence electrons. The lowest BCUT2D eigenvalue weighted by atomic mass is 9.84. The van der Waals surface area contributed by atoms with Gasteiger partial charge in [0.25, 0.3) is 5.91 Å². The van der Waals surface area contributed by atoms with Crippen LogP contribution in [0.5, 0.6) is 5.75 Å². The van der Waals surface area contributed by atoms with Crippen molar-refractivity contribution >= 4 is 38.5 Å². The summed E-state index contributed by atoms with van der Waals surface area (Å²) >= 11 is 1.08. The molecule has 0 saturated heterocycles. The lowest BCUT2D eigenvalue weighted by Gasteiger charge is -2.28. The molecule has 5 rings (SSSR count). The van der Waals surface area contributed by atoms with Crippen LogP contribution in [0.4, 0.5) is 27.8 Å². The highest BCUT2D eigenvalue weighted by Gasteiger charge is 2.33. The van der Waals surface area contributed by atoms with Crippen LogP contribution in [0.3, 0.4) is 0 Å². The van der Waals surface area contributed by atoms with Crippen molar-refractivity contribution in [3.8, 4) is 5.75 Å². The second-order valence-electron chi connectivity index (χ2n) is 8.99. The molecule has 1 aromatic carbocycles. The Hall–Kier alpha value is -3.85. The van der Waals surface area contributed by atoms with E-state index in [1.165, 1.54) is 0 Å². The van der Waals surface area contributed by atoms with Crippen LogP contribution >= 0.6 is 11.3 Å². The predicted octanol–water partition coefficient (Wildman–Crippen LogP) is 5.31. The Morgan fingerprint density at radius 2 is 1.85 bits per heavy atom. The number of anilines is 2. The highest BCUT2D eigenvalue weighted by molar-refractivity contribution is 7.19. The SMILES string of the molecule is CO[C@@H](C(=O)Nc1nnc(N[C@H]2CC[C@H](c3cc4cc[nH]c4nn3)CC2)s1)c1cc(OC(F)(F)F)ccc1F. The van der Waals surface area contributed by atoms with Gasteiger partial charge in [0, 0.05) is 36.2 Å². The van der Waals surface area contributed by atoms with Gasteiger partial charge in [-0.3, -0.25) is 10.1 Å². The van der Waals surface area contributed by atoms with Gasteiger partial charge in [-0.05, 0) is 56.0 Å². The van der Waals surface area contributed by atoms with Gasteiger partial charge in [0.1, 0.15) is 11.6 Å². The molecule has 1 aliphatic rings. The number of aromatic amines is 1. The topological polar surface area (TPSA) is 127 Å². The summed E-state index contributed by atoms with van der Waals surface area (Å²) in [5, 5.41) is 24.0. The van der Waals surface area contributed by atoms with E-state index in [0.717, 1.165) is 79.1 Å². The van der Waals surface area contributed by atoms with E-state index in [9.17, 15) is 22.4 Å². The standard InChI is InChI=1S/C24H23F4N7O3S/c1-37-19(16-11-15(6-7-17(16)25)38-24(26,27)28)21(36)31-23-35-34-22(39-23)30-14-4-2-12(3-5-14)18-10-13-8-9-29-20(13)33-32-18/h6-12,14,19H,2-5H2,1H3,(H,29,33)(H,30,34)(H,31,35,36)/t12-,14-,19-/m1/s1. The highest BCUT2D eigenvalue weighted by atomic mass is 32.1. The number of alkyl halides is 3. The number of nitrogens with zero attached hydrogens (tertiary/aromatic N) is 4. The molecule has 1 amide bonds. The molecule has 1 aliphatic carbocycles. The van der Waals surface area contributed by atoms with Crippen molar-refractivity contribution in [1.82, 2.24) is 25.4 Å². The van der Waals surface area contributed by atoms with Crippen LogP contribution < -0.4 is 15.4 Å². The van der Waals surface area contributed by atoms with Crippen molar-refractivity contribution in [3.63, 3.8) is 0 Å². The number of methoxy groups -OCH3 is 1. The predicted molar refractivity (Wildman–Crippen MR) is 134 cm³/mol. The van der Waals surface area contributed by atoms with Crippen LogP contribution in [0.2, 0.25) is 0 Å². The summed E-state index contributed by atoms with van der Waals surface area (Å²) < 4.78 is 60.9. The Morgan fingerprint density at radius 1 is 1.08 bits per heavy atom. The first kappa shape index (κ1) is 26.7. The van der Waals surface area contributed by atoms with Gasteiger partial charge in [-0.25, -0.2) is 4.39 Å². The van der Waals surface area contributed by atoms with Gasteiger partial charge < -0.3 is 19.8 Å². The molecule has 3 N–H and O–H groups in total. The van der Waals surface area contributed by atoms with Crippen LogP contribution in [0.1, 0.15) is 49.0 Å². The molecule has 15 heteroatoms. The number of benzene rings is 1. The van der Waals surface area contributed by atoms with E-state index in [1.54, 1.807) is 0 Å². The second kappa shape index (κ2) is 11.1. The molecule has 1 atom stereocenters. The molecule has 39 heavy (non-hydrogen) atoms. The maximum Gasteiger partial charge on any atom is 0.573 e. The summed E-state index contributed by atoms with van der Waals surface area (Å²) in [6.45, 7) is 0. The molecule has 3 heterocycles. The van der Waals surface area contributed by atoms with Crippen LogP contribution in [-0.2, 0) is 9.53 Å². The van der Waals surface area contributed by atoms with Crippen molar-refractivity contribution in [3.05, 3.63) is 53.6 Å². The van der Waals surface area contributed by atoms with E-state index in [1.807, 2.05) is 12.3 Å². The zero-order valence-electron chi connectivity index (χ0n) is 20.5. The van der Waals surface area contributed by atoms with Crippen molar-refractivity contribution in [2.24, 2.45) is 0 Å². The molecule has 4 aromatic rings. The second-order valence-corrected chi connectivity index (χ2v) is 9.97. The summed E-state index contributed by atoms with van der Waals surface area (Å²) in [6, 6.07) is 6.53. The number of amides is 1. The Kier molecular flexibility index (Phi) is 7.61. The van der Waals surface area contributed by atoms with E-state index in [-0.39, 0.29) is 11.2 Å². The van der Waals surface area contributed by atoms with Crippen LogP contribution in [0.25, 0.3) is 11.0 Å². The number of carbonyl (C=O) groups is 1. The number of nitrogens with one attached hydrogen (secondary N) is 3. The summed E-state index contributed by atoms with van der Waals surface area (Å²) in [5.41, 5.74) is 1.32. The maximum atomic E-state index is 14.4. The zero-order chi connectivity index (χ0) is 27.6. The molecule has 1 saturated carbocycles.